The quantitative estimate of drug-likeness (QED) is 0.750. The first-order valence-corrected chi connectivity index (χ1v) is 8.08. The molecule has 1 aromatic carbocycles. The van der Waals surface area contributed by atoms with Crippen LogP contribution in [0.2, 0.25) is 0 Å². The highest BCUT2D eigenvalue weighted by Crippen LogP contribution is 2.34. The average Bonchev–Trinajstić information content (AvgIpc) is 2.51. The number of hydrogen-bond acceptors (Lipinski definition) is 3. The van der Waals surface area contributed by atoms with E-state index >= 15 is 0 Å². The molecule has 0 aliphatic heterocycles. The van der Waals surface area contributed by atoms with E-state index in [0.29, 0.717) is 19.0 Å². The number of benzene rings is 1. The van der Waals surface area contributed by atoms with Crippen LogP contribution in [-0.4, -0.2) is 42.9 Å². The summed E-state index contributed by atoms with van der Waals surface area (Å²) in [7, 11) is 0. The molecule has 0 atom stereocenters. The number of anilines is 1. The Morgan fingerprint density at radius 1 is 1.12 bits per heavy atom. The maximum atomic E-state index is 12.9. The Balaban J connectivity index is 2.64. The topological polar surface area (TPSA) is 61.4 Å². The van der Waals surface area contributed by atoms with Gasteiger partial charge in [-0.25, -0.2) is 0 Å². The number of nitrogens with one attached hydrogen (secondary N) is 2. The highest BCUT2D eigenvalue weighted by molar-refractivity contribution is 5.93. The van der Waals surface area contributed by atoms with E-state index in [0.717, 1.165) is 6.07 Å². The van der Waals surface area contributed by atoms with Crippen molar-refractivity contribution in [2.45, 2.75) is 26.9 Å². The molecule has 2 amide bonds. The Morgan fingerprint density at radius 3 is 2.28 bits per heavy atom. The summed E-state index contributed by atoms with van der Waals surface area (Å²) in [5.41, 5.74) is -1.19. The number of para-hydroxylation sites is 1. The minimum atomic E-state index is -4.55. The molecule has 0 aliphatic carbocycles. The Labute approximate surface area is 145 Å². The maximum absolute atomic E-state index is 12.9. The molecule has 0 aliphatic rings. The molecule has 0 saturated heterocycles. The molecular weight excluding hydrogens is 335 g/mol. The van der Waals surface area contributed by atoms with Crippen LogP contribution in [0.5, 0.6) is 0 Å². The number of hydrogen-bond donors (Lipinski definition) is 2. The highest BCUT2D eigenvalue weighted by Gasteiger charge is 2.33. The van der Waals surface area contributed by atoms with Gasteiger partial charge in [0, 0.05) is 6.54 Å². The molecular formula is C17H24F3N3O2. The fourth-order valence-corrected chi connectivity index (χ4v) is 2.09. The molecule has 0 fully saturated rings. The molecule has 0 bridgehead atoms. The van der Waals surface area contributed by atoms with E-state index in [1.165, 1.54) is 18.2 Å². The van der Waals surface area contributed by atoms with E-state index in [4.69, 9.17) is 0 Å². The van der Waals surface area contributed by atoms with Crippen molar-refractivity contribution in [3.63, 3.8) is 0 Å². The van der Waals surface area contributed by atoms with Crippen molar-refractivity contribution >= 4 is 17.5 Å². The van der Waals surface area contributed by atoms with Gasteiger partial charge in [-0.2, -0.15) is 13.2 Å². The number of likely N-dealkylation sites (N-methyl/N-ethyl adjacent to an activating group) is 1. The summed E-state index contributed by atoms with van der Waals surface area (Å²) >= 11 is 0. The molecule has 5 nitrogen and oxygen atoms in total. The zero-order valence-corrected chi connectivity index (χ0v) is 14.6. The van der Waals surface area contributed by atoms with E-state index in [-0.39, 0.29) is 24.7 Å². The normalized spacial score (nSPS) is 11.7. The third-order valence-corrected chi connectivity index (χ3v) is 3.40. The van der Waals surface area contributed by atoms with Crippen LogP contribution < -0.4 is 10.6 Å². The lowest BCUT2D eigenvalue weighted by Crippen LogP contribution is -2.42. The van der Waals surface area contributed by atoms with E-state index < -0.39 is 17.6 Å². The van der Waals surface area contributed by atoms with Crippen molar-refractivity contribution in [1.82, 2.24) is 10.2 Å². The summed E-state index contributed by atoms with van der Waals surface area (Å²) in [6.07, 6.45) is -4.55. The van der Waals surface area contributed by atoms with Gasteiger partial charge in [-0.3, -0.25) is 14.5 Å². The highest BCUT2D eigenvalue weighted by atomic mass is 19.4. The Hall–Kier alpha value is -2.09. The molecule has 8 heteroatoms. The van der Waals surface area contributed by atoms with Gasteiger partial charge in [-0.1, -0.05) is 32.9 Å². The molecule has 0 unspecified atom stereocenters. The minimum absolute atomic E-state index is 0.0115. The Kier molecular flexibility index (Phi) is 7.89. The lowest BCUT2D eigenvalue weighted by atomic mass is 10.1. The molecule has 0 radical (unpaired) electrons. The second-order valence-corrected chi connectivity index (χ2v) is 6.09. The van der Waals surface area contributed by atoms with Crippen LogP contribution in [0.4, 0.5) is 18.9 Å². The summed E-state index contributed by atoms with van der Waals surface area (Å²) in [4.78, 5) is 25.4. The molecule has 1 rings (SSSR count). The van der Waals surface area contributed by atoms with E-state index in [1.807, 2.05) is 13.8 Å². The Bertz CT molecular complexity index is 589. The van der Waals surface area contributed by atoms with Gasteiger partial charge in [0.2, 0.25) is 11.8 Å². The first-order valence-electron chi connectivity index (χ1n) is 8.08. The first-order chi connectivity index (χ1) is 11.6. The molecule has 0 saturated carbocycles. The van der Waals surface area contributed by atoms with E-state index in [1.54, 1.807) is 11.8 Å². The summed E-state index contributed by atoms with van der Waals surface area (Å²) < 4.78 is 38.8. The second-order valence-electron chi connectivity index (χ2n) is 6.09. The molecule has 140 valence electrons. The number of rotatable bonds is 8. The zero-order chi connectivity index (χ0) is 19.0. The maximum Gasteiger partial charge on any atom is 0.418 e. The largest absolute Gasteiger partial charge is 0.418 e. The van der Waals surface area contributed by atoms with Crippen LogP contribution in [0.15, 0.2) is 24.3 Å². The van der Waals surface area contributed by atoms with Gasteiger partial charge in [0.15, 0.2) is 0 Å². The standard InChI is InChI=1S/C17H24F3N3O2/c1-4-23(10-15(24)21-9-12(2)3)11-16(25)22-14-8-6-5-7-13(14)17(18,19)20/h5-8,12H,4,9-11H2,1-3H3,(H,21,24)(H,22,25). The molecule has 0 aromatic heterocycles. The van der Waals surface area contributed by atoms with Crippen LogP contribution in [-0.2, 0) is 15.8 Å². The predicted molar refractivity (Wildman–Crippen MR) is 90.0 cm³/mol. The monoisotopic (exact) mass is 359 g/mol. The van der Waals surface area contributed by atoms with Crippen molar-refractivity contribution in [2.24, 2.45) is 5.92 Å². The van der Waals surface area contributed by atoms with Gasteiger partial charge in [-0.15, -0.1) is 0 Å². The third kappa shape index (κ3) is 7.55. The lowest BCUT2D eigenvalue weighted by molar-refractivity contribution is -0.137. The van der Waals surface area contributed by atoms with Gasteiger partial charge >= 0.3 is 6.18 Å². The first kappa shape index (κ1) is 21.0. The minimum Gasteiger partial charge on any atom is -0.355 e. The molecule has 2 N–H and O–H groups in total. The van der Waals surface area contributed by atoms with Gasteiger partial charge in [0.05, 0.1) is 24.3 Å². The number of nitrogens with zero attached hydrogens (tertiary/aromatic N) is 1. The van der Waals surface area contributed by atoms with Crippen molar-refractivity contribution < 1.29 is 22.8 Å². The average molecular weight is 359 g/mol. The van der Waals surface area contributed by atoms with Crippen LogP contribution in [0.1, 0.15) is 26.3 Å². The SMILES string of the molecule is CCN(CC(=O)NCC(C)C)CC(=O)Nc1ccccc1C(F)(F)F. The fraction of sp³-hybridized carbons (Fsp3) is 0.529. The third-order valence-electron chi connectivity index (χ3n) is 3.40. The van der Waals surface area contributed by atoms with E-state index in [9.17, 15) is 22.8 Å². The van der Waals surface area contributed by atoms with Crippen LogP contribution in [0, 0.1) is 5.92 Å². The summed E-state index contributed by atoms with van der Waals surface area (Å²) in [6.45, 7) is 6.49. The number of amides is 2. The lowest BCUT2D eigenvalue weighted by Gasteiger charge is -2.20. The summed E-state index contributed by atoms with van der Waals surface area (Å²) in [5.74, 6) is -0.518. The molecule has 0 spiro atoms. The second kappa shape index (κ2) is 9.41. The number of carbonyl (C=O) groups is 2. The van der Waals surface area contributed by atoms with Gasteiger partial charge in [-0.05, 0) is 24.6 Å². The molecule has 25 heavy (non-hydrogen) atoms. The summed E-state index contributed by atoms with van der Waals surface area (Å²) in [5, 5.41) is 5.01. The summed E-state index contributed by atoms with van der Waals surface area (Å²) in [6, 6.07) is 4.79. The number of carbonyl (C=O) groups excluding carboxylic acids is 2. The van der Waals surface area contributed by atoms with Crippen LogP contribution in [0.25, 0.3) is 0 Å². The van der Waals surface area contributed by atoms with Crippen LogP contribution in [0.3, 0.4) is 0 Å². The predicted octanol–water partition coefficient (Wildman–Crippen LogP) is 2.74. The van der Waals surface area contributed by atoms with Crippen LogP contribution >= 0.6 is 0 Å². The molecule has 1 aromatic rings. The van der Waals surface area contributed by atoms with Crippen molar-refractivity contribution in [3.8, 4) is 0 Å². The van der Waals surface area contributed by atoms with Gasteiger partial charge < -0.3 is 10.6 Å². The van der Waals surface area contributed by atoms with Gasteiger partial charge in [0.25, 0.3) is 0 Å². The Morgan fingerprint density at radius 2 is 1.72 bits per heavy atom. The number of alkyl halides is 3. The van der Waals surface area contributed by atoms with Crippen molar-refractivity contribution in [3.05, 3.63) is 29.8 Å². The zero-order valence-electron chi connectivity index (χ0n) is 14.6. The smallest absolute Gasteiger partial charge is 0.355 e. The van der Waals surface area contributed by atoms with Crippen molar-refractivity contribution in [2.75, 3.05) is 31.5 Å². The number of halogens is 3. The fourth-order valence-electron chi connectivity index (χ4n) is 2.09. The van der Waals surface area contributed by atoms with Crippen molar-refractivity contribution in [1.29, 1.82) is 0 Å². The van der Waals surface area contributed by atoms with E-state index in [2.05, 4.69) is 10.6 Å². The van der Waals surface area contributed by atoms with Gasteiger partial charge in [0.1, 0.15) is 0 Å². The molecule has 0 heterocycles.